The Morgan fingerprint density at radius 1 is 1.26 bits per heavy atom. The zero-order chi connectivity index (χ0) is 13.2. The summed E-state index contributed by atoms with van der Waals surface area (Å²) in [7, 11) is 0. The van der Waals surface area contributed by atoms with Crippen molar-refractivity contribution in [2.75, 3.05) is 5.32 Å². The number of aromatic nitrogens is 2. The van der Waals surface area contributed by atoms with Gasteiger partial charge in [0, 0.05) is 23.3 Å². The smallest absolute Gasteiger partial charge is 0.147 e. The minimum atomic E-state index is -0.357. The van der Waals surface area contributed by atoms with E-state index in [4.69, 9.17) is 11.6 Å². The van der Waals surface area contributed by atoms with Crippen molar-refractivity contribution in [2.45, 2.75) is 6.54 Å². The van der Waals surface area contributed by atoms with Gasteiger partial charge >= 0.3 is 0 Å². The predicted molar refractivity (Wildman–Crippen MR) is 73.9 cm³/mol. The molecule has 3 nitrogen and oxygen atoms in total. The highest BCUT2D eigenvalue weighted by molar-refractivity contribution is 6.30. The van der Waals surface area contributed by atoms with Gasteiger partial charge in [-0.15, -0.1) is 0 Å². The fraction of sp³-hybridized carbons (Fsp3) is 0.0714. The lowest BCUT2D eigenvalue weighted by Crippen LogP contribution is -2.01. The Kier molecular flexibility index (Phi) is 3.09. The standard InChI is InChI=1S/C14H11ClFN3/c15-11-4-5-13(12(16)7-11)17-8-10-9-18-19-6-2-1-3-14(10)19/h1-7,9,17H,8H2. The van der Waals surface area contributed by atoms with Crippen molar-refractivity contribution in [1.82, 2.24) is 9.61 Å². The summed E-state index contributed by atoms with van der Waals surface area (Å²) in [5.41, 5.74) is 2.44. The number of rotatable bonds is 3. The number of benzene rings is 1. The van der Waals surface area contributed by atoms with Crippen LogP contribution in [0, 0.1) is 5.82 Å². The molecule has 19 heavy (non-hydrogen) atoms. The van der Waals surface area contributed by atoms with Crippen LogP contribution in [-0.4, -0.2) is 9.61 Å². The molecule has 1 N–H and O–H groups in total. The quantitative estimate of drug-likeness (QED) is 0.789. The highest BCUT2D eigenvalue weighted by atomic mass is 35.5. The number of hydrogen-bond donors (Lipinski definition) is 1. The summed E-state index contributed by atoms with van der Waals surface area (Å²) < 4.78 is 15.4. The zero-order valence-corrected chi connectivity index (χ0v) is 10.7. The number of nitrogens with zero attached hydrogens (tertiary/aromatic N) is 2. The topological polar surface area (TPSA) is 29.3 Å². The molecule has 3 aromatic rings. The Balaban J connectivity index is 1.82. The molecule has 2 heterocycles. The van der Waals surface area contributed by atoms with Gasteiger partial charge in [-0.05, 0) is 30.3 Å². The highest BCUT2D eigenvalue weighted by Crippen LogP contribution is 2.20. The third kappa shape index (κ3) is 2.39. The molecule has 1 aromatic carbocycles. The molecule has 0 spiro atoms. The van der Waals surface area contributed by atoms with Gasteiger partial charge in [0.1, 0.15) is 5.82 Å². The fourth-order valence-electron chi connectivity index (χ4n) is 1.95. The van der Waals surface area contributed by atoms with Crippen LogP contribution in [0.4, 0.5) is 10.1 Å². The number of pyridine rings is 1. The van der Waals surface area contributed by atoms with Crippen LogP contribution < -0.4 is 5.32 Å². The molecule has 0 amide bonds. The summed E-state index contributed by atoms with van der Waals surface area (Å²) in [5.74, 6) is -0.357. The van der Waals surface area contributed by atoms with E-state index < -0.39 is 0 Å². The van der Waals surface area contributed by atoms with E-state index >= 15 is 0 Å². The van der Waals surface area contributed by atoms with Gasteiger partial charge < -0.3 is 5.32 Å². The van der Waals surface area contributed by atoms with Crippen LogP contribution in [0.3, 0.4) is 0 Å². The molecule has 0 radical (unpaired) electrons. The van der Waals surface area contributed by atoms with E-state index in [1.807, 2.05) is 24.4 Å². The van der Waals surface area contributed by atoms with Crippen molar-refractivity contribution < 1.29 is 4.39 Å². The predicted octanol–water partition coefficient (Wildman–Crippen LogP) is 3.74. The van der Waals surface area contributed by atoms with E-state index in [1.165, 1.54) is 6.07 Å². The van der Waals surface area contributed by atoms with Crippen LogP contribution in [0.2, 0.25) is 5.02 Å². The molecular formula is C14H11ClFN3. The van der Waals surface area contributed by atoms with Crippen LogP contribution in [0.25, 0.3) is 5.52 Å². The molecule has 0 aliphatic rings. The summed E-state index contributed by atoms with van der Waals surface area (Å²) in [5, 5.41) is 7.67. The number of anilines is 1. The van der Waals surface area contributed by atoms with Crippen LogP contribution in [0.1, 0.15) is 5.56 Å². The first-order chi connectivity index (χ1) is 9.24. The number of nitrogens with one attached hydrogen (secondary N) is 1. The molecule has 0 aliphatic carbocycles. The maximum Gasteiger partial charge on any atom is 0.147 e. The second-order valence-electron chi connectivity index (χ2n) is 4.18. The Labute approximate surface area is 114 Å². The Bertz CT molecular complexity index is 724. The molecule has 96 valence electrons. The van der Waals surface area contributed by atoms with Crippen LogP contribution in [0.5, 0.6) is 0 Å². The molecule has 0 fully saturated rings. The van der Waals surface area contributed by atoms with Gasteiger partial charge in [0.25, 0.3) is 0 Å². The Morgan fingerprint density at radius 3 is 3.00 bits per heavy atom. The fourth-order valence-corrected chi connectivity index (χ4v) is 2.11. The van der Waals surface area contributed by atoms with Gasteiger partial charge in [-0.1, -0.05) is 17.7 Å². The van der Waals surface area contributed by atoms with Gasteiger partial charge in [0.15, 0.2) is 0 Å². The molecule has 0 saturated carbocycles. The molecule has 0 saturated heterocycles. The van der Waals surface area contributed by atoms with E-state index in [1.54, 1.807) is 22.8 Å². The van der Waals surface area contributed by atoms with Crippen LogP contribution in [-0.2, 0) is 6.54 Å². The zero-order valence-electron chi connectivity index (χ0n) is 9.98. The van der Waals surface area contributed by atoms with Gasteiger partial charge in [-0.2, -0.15) is 5.10 Å². The molecule has 0 bridgehead atoms. The minimum absolute atomic E-state index is 0.357. The third-order valence-corrected chi connectivity index (χ3v) is 3.14. The lowest BCUT2D eigenvalue weighted by molar-refractivity contribution is 0.630. The average Bonchev–Trinajstić information content (AvgIpc) is 2.81. The van der Waals surface area contributed by atoms with Crippen molar-refractivity contribution in [3.05, 3.63) is 65.2 Å². The van der Waals surface area contributed by atoms with Gasteiger partial charge in [0.2, 0.25) is 0 Å². The van der Waals surface area contributed by atoms with Crippen molar-refractivity contribution >= 4 is 22.8 Å². The molecule has 3 rings (SSSR count). The van der Waals surface area contributed by atoms with Crippen LogP contribution in [0.15, 0.2) is 48.8 Å². The average molecular weight is 276 g/mol. The third-order valence-electron chi connectivity index (χ3n) is 2.91. The summed E-state index contributed by atoms with van der Waals surface area (Å²) in [4.78, 5) is 0. The van der Waals surface area contributed by atoms with Crippen molar-refractivity contribution in [3.8, 4) is 0 Å². The second-order valence-corrected chi connectivity index (χ2v) is 4.61. The first-order valence-electron chi connectivity index (χ1n) is 5.84. The normalized spacial score (nSPS) is 10.8. The van der Waals surface area contributed by atoms with Gasteiger partial charge in [-0.3, -0.25) is 0 Å². The maximum atomic E-state index is 13.6. The van der Waals surface area contributed by atoms with Crippen LogP contribution >= 0.6 is 11.6 Å². The Hall–Kier alpha value is -2.07. The maximum absolute atomic E-state index is 13.6. The van der Waals surface area contributed by atoms with E-state index in [2.05, 4.69) is 10.4 Å². The lowest BCUT2D eigenvalue weighted by atomic mass is 10.2. The second kappa shape index (κ2) is 4.90. The minimum Gasteiger partial charge on any atom is -0.378 e. The Morgan fingerprint density at radius 2 is 2.16 bits per heavy atom. The summed E-state index contributed by atoms with van der Waals surface area (Å²) in [6.07, 6.45) is 3.65. The van der Waals surface area contributed by atoms with Crippen molar-refractivity contribution in [2.24, 2.45) is 0 Å². The van der Waals surface area contributed by atoms with E-state index in [0.717, 1.165) is 11.1 Å². The lowest BCUT2D eigenvalue weighted by Gasteiger charge is -2.06. The van der Waals surface area contributed by atoms with E-state index in [9.17, 15) is 4.39 Å². The van der Waals surface area contributed by atoms with E-state index in [-0.39, 0.29) is 5.82 Å². The van der Waals surface area contributed by atoms with Gasteiger partial charge in [-0.25, -0.2) is 8.91 Å². The molecule has 0 unspecified atom stereocenters. The van der Waals surface area contributed by atoms with E-state index in [0.29, 0.717) is 17.3 Å². The van der Waals surface area contributed by atoms with Crippen molar-refractivity contribution in [3.63, 3.8) is 0 Å². The SMILES string of the molecule is Fc1cc(Cl)ccc1NCc1cnn2ccccc12. The highest BCUT2D eigenvalue weighted by Gasteiger charge is 2.05. The molecular weight excluding hydrogens is 265 g/mol. The monoisotopic (exact) mass is 275 g/mol. The van der Waals surface area contributed by atoms with Crippen molar-refractivity contribution in [1.29, 1.82) is 0 Å². The number of halogens is 2. The summed E-state index contributed by atoms with van der Waals surface area (Å²) in [6.45, 7) is 0.506. The first kappa shape index (κ1) is 12.0. The molecule has 2 aromatic heterocycles. The molecule has 0 aliphatic heterocycles. The largest absolute Gasteiger partial charge is 0.378 e. The molecule has 0 atom stereocenters. The summed E-state index contributed by atoms with van der Waals surface area (Å²) in [6, 6.07) is 10.4. The summed E-state index contributed by atoms with van der Waals surface area (Å²) >= 11 is 5.71. The molecule has 5 heteroatoms. The first-order valence-corrected chi connectivity index (χ1v) is 6.22. The number of hydrogen-bond acceptors (Lipinski definition) is 2. The number of fused-ring (bicyclic) bond motifs is 1. The van der Waals surface area contributed by atoms with Gasteiger partial charge in [0.05, 0.1) is 17.4 Å².